The molecule has 1 aromatic carbocycles. The molecule has 18 heavy (non-hydrogen) atoms. The van der Waals surface area contributed by atoms with Crippen LogP contribution in [0.3, 0.4) is 0 Å². The summed E-state index contributed by atoms with van der Waals surface area (Å²) < 4.78 is 11.8. The SMILES string of the molecule is CC1(C)OB(c2c(Cl)cc(Cl)cc2Cl)OC1(C)C. The summed E-state index contributed by atoms with van der Waals surface area (Å²) in [5, 5.41) is 1.39. The van der Waals surface area contributed by atoms with Gasteiger partial charge in [0, 0.05) is 20.5 Å². The van der Waals surface area contributed by atoms with E-state index in [9.17, 15) is 0 Å². The molecule has 1 saturated heterocycles. The van der Waals surface area contributed by atoms with E-state index < -0.39 is 18.3 Å². The van der Waals surface area contributed by atoms with E-state index in [1.54, 1.807) is 12.1 Å². The molecule has 2 rings (SSSR count). The normalized spacial score (nSPS) is 21.4. The lowest BCUT2D eigenvalue weighted by Gasteiger charge is -2.32. The molecule has 0 aliphatic carbocycles. The fourth-order valence-corrected chi connectivity index (χ4v) is 2.73. The fraction of sp³-hybridized carbons (Fsp3) is 0.500. The van der Waals surface area contributed by atoms with E-state index >= 15 is 0 Å². The lowest BCUT2D eigenvalue weighted by molar-refractivity contribution is 0.00578. The van der Waals surface area contributed by atoms with E-state index in [-0.39, 0.29) is 0 Å². The van der Waals surface area contributed by atoms with Gasteiger partial charge in [-0.1, -0.05) is 34.8 Å². The highest BCUT2D eigenvalue weighted by Gasteiger charge is 2.52. The average Bonchev–Trinajstić information content (AvgIpc) is 2.32. The Kier molecular flexibility index (Phi) is 3.68. The minimum atomic E-state index is -0.577. The Morgan fingerprint density at radius 3 is 1.67 bits per heavy atom. The van der Waals surface area contributed by atoms with E-state index in [1.165, 1.54) is 0 Å². The second-order valence-electron chi connectivity index (χ2n) is 5.37. The van der Waals surface area contributed by atoms with E-state index in [0.717, 1.165) is 0 Å². The third kappa shape index (κ3) is 2.39. The standard InChI is InChI=1S/C12H14BCl3O2/c1-11(2)12(3,4)18-13(17-11)10-8(15)5-7(14)6-9(10)16/h5-6H,1-4H3. The van der Waals surface area contributed by atoms with Gasteiger partial charge in [0.25, 0.3) is 0 Å². The van der Waals surface area contributed by atoms with Gasteiger partial charge in [0.05, 0.1) is 11.2 Å². The van der Waals surface area contributed by atoms with E-state index in [1.807, 2.05) is 27.7 Å². The van der Waals surface area contributed by atoms with Crippen LogP contribution in [0.5, 0.6) is 0 Å². The summed E-state index contributed by atoms with van der Waals surface area (Å²) in [6.45, 7) is 7.91. The minimum absolute atomic E-state index is 0.427. The van der Waals surface area contributed by atoms with Gasteiger partial charge in [-0.15, -0.1) is 0 Å². The van der Waals surface area contributed by atoms with Crippen LogP contribution in [0.1, 0.15) is 27.7 Å². The first-order chi connectivity index (χ1) is 8.14. The van der Waals surface area contributed by atoms with Gasteiger partial charge < -0.3 is 9.31 Å². The Morgan fingerprint density at radius 2 is 1.28 bits per heavy atom. The Hall–Kier alpha value is 0.0749. The highest BCUT2D eigenvalue weighted by molar-refractivity contribution is 6.69. The van der Waals surface area contributed by atoms with Crippen molar-refractivity contribution in [2.24, 2.45) is 0 Å². The molecule has 0 unspecified atom stereocenters. The van der Waals surface area contributed by atoms with Crippen molar-refractivity contribution in [3.63, 3.8) is 0 Å². The summed E-state index contributed by atoms with van der Waals surface area (Å²) in [4.78, 5) is 0. The number of benzene rings is 1. The van der Waals surface area contributed by atoms with Gasteiger partial charge in [-0.3, -0.25) is 0 Å². The molecule has 0 bridgehead atoms. The zero-order valence-electron chi connectivity index (χ0n) is 10.7. The van der Waals surface area contributed by atoms with Crippen LogP contribution in [0.4, 0.5) is 0 Å². The van der Waals surface area contributed by atoms with Gasteiger partial charge in [-0.2, -0.15) is 0 Å². The molecular formula is C12H14BCl3O2. The fourth-order valence-electron chi connectivity index (χ4n) is 1.74. The quantitative estimate of drug-likeness (QED) is 0.732. The highest BCUT2D eigenvalue weighted by Crippen LogP contribution is 2.38. The predicted molar refractivity (Wildman–Crippen MR) is 77.2 cm³/mol. The largest absolute Gasteiger partial charge is 0.497 e. The van der Waals surface area contributed by atoms with Gasteiger partial charge in [-0.25, -0.2) is 0 Å². The van der Waals surface area contributed by atoms with Crippen LogP contribution in [0.15, 0.2) is 12.1 Å². The van der Waals surface area contributed by atoms with Gasteiger partial charge in [0.2, 0.25) is 0 Å². The van der Waals surface area contributed by atoms with Gasteiger partial charge >= 0.3 is 7.12 Å². The van der Waals surface area contributed by atoms with Crippen LogP contribution < -0.4 is 5.46 Å². The zero-order valence-corrected chi connectivity index (χ0v) is 13.0. The second-order valence-corrected chi connectivity index (χ2v) is 6.62. The van der Waals surface area contributed by atoms with E-state index in [4.69, 9.17) is 44.1 Å². The first-order valence-corrected chi connectivity index (χ1v) is 6.77. The van der Waals surface area contributed by atoms with Gasteiger partial charge in [0.1, 0.15) is 0 Å². The summed E-state index contributed by atoms with van der Waals surface area (Å²) in [5.41, 5.74) is -0.227. The first-order valence-electron chi connectivity index (χ1n) is 5.64. The Bertz CT molecular complexity index is 449. The summed E-state index contributed by atoms with van der Waals surface area (Å²) >= 11 is 18.2. The number of hydrogen-bond donors (Lipinski definition) is 0. The Morgan fingerprint density at radius 1 is 0.889 bits per heavy atom. The van der Waals surface area contributed by atoms with Crippen molar-refractivity contribution in [3.05, 3.63) is 27.2 Å². The maximum absolute atomic E-state index is 6.17. The Balaban J connectivity index is 2.42. The average molecular weight is 307 g/mol. The zero-order chi connectivity index (χ0) is 13.7. The smallest absolute Gasteiger partial charge is 0.399 e. The minimum Gasteiger partial charge on any atom is -0.399 e. The molecule has 1 aromatic rings. The van der Waals surface area contributed by atoms with Gasteiger partial charge in [-0.05, 0) is 39.8 Å². The number of hydrogen-bond acceptors (Lipinski definition) is 2. The molecule has 1 aliphatic heterocycles. The Labute approximate surface area is 123 Å². The van der Waals surface area contributed by atoms with Crippen LogP contribution in [0.25, 0.3) is 0 Å². The molecule has 0 radical (unpaired) electrons. The van der Waals surface area contributed by atoms with Gasteiger partial charge in [0.15, 0.2) is 0 Å². The predicted octanol–water partition coefficient (Wildman–Crippen LogP) is 3.95. The second kappa shape index (κ2) is 4.57. The molecule has 0 N–H and O–H groups in total. The summed E-state index contributed by atoms with van der Waals surface area (Å²) in [6, 6.07) is 3.27. The lowest BCUT2D eigenvalue weighted by atomic mass is 9.79. The van der Waals surface area contributed by atoms with Crippen molar-refractivity contribution in [1.82, 2.24) is 0 Å². The number of halogens is 3. The van der Waals surface area contributed by atoms with Crippen molar-refractivity contribution < 1.29 is 9.31 Å². The third-order valence-corrected chi connectivity index (χ3v) is 4.38. The van der Waals surface area contributed by atoms with E-state index in [0.29, 0.717) is 20.5 Å². The molecule has 0 atom stereocenters. The maximum atomic E-state index is 6.17. The van der Waals surface area contributed by atoms with Crippen molar-refractivity contribution in [2.45, 2.75) is 38.9 Å². The van der Waals surface area contributed by atoms with Crippen LogP contribution in [0.2, 0.25) is 15.1 Å². The lowest BCUT2D eigenvalue weighted by Crippen LogP contribution is -2.41. The monoisotopic (exact) mass is 306 g/mol. The first kappa shape index (κ1) is 14.5. The van der Waals surface area contributed by atoms with Crippen molar-refractivity contribution in [1.29, 1.82) is 0 Å². The molecule has 1 fully saturated rings. The topological polar surface area (TPSA) is 18.5 Å². The molecule has 0 saturated carbocycles. The third-order valence-electron chi connectivity index (χ3n) is 3.53. The summed E-state index contributed by atoms with van der Waals surface area (Å²) in [5.74, 6) is 0. The highest BCUT2D eigenvalue weighted by atomic mass is 35.5. The molecule has 0 aromatic heterocycles. The van der Waals surface area contributed by atoms with Crippen LogP contribution in [-0.2, 0) is 9.31 Å². The molecule has 2 nitrogen and oxygen atoms in total. The summed E-state index contributed by atoms with van der Waals surface area (Å²) in [7, 11) is -0.577. The summed E-state index contributed by atoms with van der Waals surface area (Å²) in [6.07, 6.45) is 0. The molecule has 0 amide bonds. The van der Waals surface area contributed by atoms with Crippen molar-refractivity contribution in [2.75, 3.05) is 0 Å². The van der Waals surface area contributed by atoms with Crippen LogP contribution in [-0.4, -0.2) is 18.3 Å². The molecular weight excluding hydrogens is 293 g/mol. The molecule has 1 heterocycles. The van der Waals surface area contributed by atoms with Crippen LogP contribution >= 0.6 is 34.8 Å². The van der Waals surface area contributed by atoms with Crippen molar-refractivity contribution >= 4 is 47.4 Å². The van der Waals surface area contributed by atoms with Crippen molar-refractivity contribution in [3.8, 4) is 0 Å². The molecule has 6 heteroatoms. The molecule has 0 spiro atoms. The van der Waals surface area contributed by atoms with E-state index in [2.05, 4.69) is 0 Å². The maximum Gasteiger partial charge on any atom is 0.497 e. The number of rotatable bonds is 1. The molecule has 1 aliphatic rings. The van der Waals surface area contributed by atoms with Crippen LogP contribution in [0, 0.1) is 0 Å². The molecule has 98 valence electrons.